The van der Waals surface area contributed by atoms with Crippen LogP contribution in [0.25, 0.3) is 0 Å². The van der Waals surface area contributed by atoms with Crippen LogP contribution >= 0.6 is 8.20 Å². The molecule has 0 aromatic rings. The van der Waals surface area contributed by atoms with Crippen molar-refractivity contribution in [3.63, 3.8) is 0 Å². The second kappa shape index (κ2) is 2.26. The molecule has 0 radical (unpaired) electrons. The summed E-state index contributed by atoms with van der Waals surface area (Å²) in [6.07, 6.45) is 0. The molecule has 0 N–H and O–H groups in total. The van der Waals surface area contributed by atoms with Crippen molar-refractivity contribution in [2.75, 3.05) is 0 Å². The Kier molecular flexibility index (Phi) is 2.22. The maximum Gasteiger partial charge on any atom is 0.150 e. The van der Waals surface area contributed by atoms with Crippen LogP contribution in [0.3, 0.4) is 0 Å². The van der Waals surface area contributed by atoms with Crippen molar-refractivity contribution in [3.8, 4) is 0 Å². The van der Waals surface area contributed by atoms with Crippen LogP contribution in [0.2, 0.25) is 0 Å². The summed E-state index contributed by atoms with van der Waals surface area (Å²) in [6.45, 7) is 6.00. The van der Waals surface area contributed by atoms with Crippen LogP contribution in [0.1, 0.15) is 20.8 Å². The Hall–Kier alpha value is -0.120. The zero-order valence-electron chi connectivity index (χ0n) is 4.86. The van der Waals surface area contributed by atoms with E-state index in [1.807, 2.05) is 26.4 Å². The summed E-state index contributed by atoms with van der Waals surface area (Å²) in [5, 5.41) is 0.0990. The van der Waals surface area contributed by atoms with Gasteiger partial charge in [-0.15, -0.1) is 0 Å². The fourth-order valence-electron chi connectivity index (χ4n) is 0.137. The molecule has 0 rings (SSSR count). The summed E-state index contributed by atoms with van der Waals surface area (Å²) in [5.74, 6) is 0. The van der Waals surface area contributed by atoms with Crippen LogP contribution in [0.4, 0.5) is 0 Å². The van der Waals surface area contributed by atoms with Gasteiger partial charge in [0.05, 0.1) is 0 Å². The van der Waals surface area contributed by atoms with Gasteiger partial charge >= 0.3 is 0 Å². The fraction of sp³-hybridized carbons (Fsp3) is 0.800. The molecule has 1 nitrogen and oxygen atoms in total. The highest BCUT2D eigenvalue weighted by molar-refractivity contribution is 7.39. The molecule has 0 amide bonds. The number of rotatable bonds is 0. The monoisotopic (exact) mass is 116 g/mol. The highest BCUT2D eigenvalue weighted by Gasteiger charge is 2.03. The Labute approximate surface area is 45.5 Å². The summed E-state index contributed by atoms with van der Waals surface area (Å²) >= 11 is 0. The molecular weight excluding hydrogens is 107 g/mol. The molecule has 40 valence electrons. The minimum atomic E-state index is 0.0990. The van der Waals surface area contributed by atoms with E-state index >= 15 is 0 Å². The molecule has 0 saturated carbocycles. The van der Waals surface area contributed by atoms with Crippen molar-refractivity contribution in [1.82, 2.24) is 0 Å². The summed E-state index contributed by atoms with van der Waals surface area (Å²) in [7, 11) is 0.751. The highest BCUT2D eigenvalue weighted by atomic mass is 31.1. The van der Waals surface area contributed by atoms with Crippen LogP contribution in [0.15, 0.2) is 0 Å². The van der Waals surface area contributed by atoms with Crippen molar-refractivity contribution in [2.45, 2.75) is 25.9 Å². The van der Waals surface area contributed by atoms with Gasteiger partial charge in [-0.25, -0.2) is 4.79 Å². The summed E-state index contributed by atoms with van der Waals surface area (Å²) in [4.78, 5) is 9.68. The van der Waals surface area contributed by atoms with Gasteiger partial charge < -0.3 is 0 Å². The Balaban J connectivity index is 3.80. The fourth-order valence-corrected chi connectivity index (χ4v) is 0.411. The predicted molar refractivity (Wildman–Crippen MR) is 32.4 cm³/mol. The SMILES string of the molecule is CC(C)(C)P=C=O. The summed E-state index contributed by atoms with van der Waals surface area (Å²) in [5.41, 5.74) is 1.83. The lowest BCUT2D eigenvalue weighted by atomic mass is 10.3. The third kappa shape index (κ3) is 5.88. The van der Waals surface area contributed by atoms with E-state index in [-0.39, 0.29) is 5.16 Å². The lowest BCUT2D eigenvalue weighted by molar-refractivity contribution is 0.571. The van der Waals surface area contributed by atoms with Crippen molar-refractivity contribution in [1.29, 1.82) is 0 Å². The first kappa shape index (κ1) is 6.88. The molecule has 0 fully saturated rings. The molecule has 0 aromatic heterocycles. The molecule has 0 saturated heterocycles. The Morgan fingerprint density at radius 3 is 1.86 bits per heavy atom. The molecule has 0 unspecified atom stereocenters. The van der Waals surface area contributed by atoms with Crippen molar-refractivity contribution < 1.29 is 4.79 Å². The Morgan fingerprint density at radius 1 is 1.43 bits per heavy atom. The molecule has 0 aliphatic rings. The van der Waals surface area contributed by atoms with E-state index in [1.54, 1.807) is 0 Å². The maximum absolute atomic E-state index is 9.68. The van der Waals surface area contributed by atoms with Gasteiger partial charge in [-0.1, -0.05) is 20.8 Å². The summed E-state index contributed by atoms with van der Waals surface area (Å²) in [6, 6.07) is 0. The van der Waals surface area contributed by atoms with E-state index in [4.69, 9.17) is 0 Å². The lowest BCUT2D eigenvalue weighted by Gasteiger charge is -2.05. The first-order valence-corrected chi connectivity index (χ1v) is 3.05. The molecular formula is C5H9OP. The van der Waals surface area contributed by atoms with E-state index in [2.05, 4.69) is 0 Å². The van der Waals surface area contributed by atoms with Crippen molar-refractivity contribution >= 4 is 13.9 Å². The van der Waals surface area contributed by atoms with Crippen LogP contribution in [-0.4, -0.2) is 10.8 Å². The van der Waals surface area contributed by atoms with E-state index in [0.29, 0.717) is 0 Å². The molecule has 2 heteroatoms. The molecule has 0 aromatic carbocycles. The van der Waals surface area contributed by atoms with E-state index in [9.17, 15) is 4.79 Å². The molecule has 0 aliphatic heterocycles. The zero-order chi connectivity index (χ0) is 5.91. The molecule has 0 aliphatic carbocycles. The average Bonchev–Trinajstić information content (AvgIpc) is 1.30. The van der Waals surface area contributed by atoms with Crippen LogP contribution in [0, 0.1) is 0 Å². The van der Waals surface area contributed by atoms with Crippen LogP contribution < -0.4 is 0 Å². The molecule has 0 heterocycles. The highest BCUT2D eigenvalue weighted by Crippen LogP contribution is 2.18. The van der Waals surface area contributed by atoms with Crippen LogP contribution in [0.5, 0.6) is 0 Å². The molecule has 0 atom stereocenters. The number of carbonyl (C=O) groups excluding carboxylic acids is 1. The third-order valence-corrected chi connectivity index (χ3v) is 1.14. The first-order chi connectivity index (χ1) is 3.06. The largest absolute Gasteiger partial charge is 0.229 e. The molecule has 0 spiro atoms. The maximum atomic E-state index is 9.68. The van der Waals surface area contributed by atoms with E-state index < -0.39 is 0 Å². The van der Waals surface area contributed by atoms with E-state index in [0.717, 1.165) is 8.20 Å². The topological polar surface area (TPSA) is 17.1 Å². The van der Waals surface area contributed by atoms with Crippen molar-refractivity contribution in [2.24, 2.45) is 0 Å². The Morgan fingerprint density at radius 2 is 1.86 bits per heavy atom. The number of hydrogen-bond acceptors (Lipinski definition) is 1. The molecule has 0 bridgehead atoms. The normalized spacial score (nSPS) is 11.3. The van der Waals surface area contributed by atoms with Gasteiger partial charge in [0, 0.05) is 13.4 Å². The quantitative estimate of drug-likeness (QED) is 0.441. The molecule has 7 heavy (non-hydrogen) atoms. The van der Waals surface area contributed by atoms with Gasteiger partial charge in [0.15, 0.2) is 0 Å². The third-order valence-electron chi connectivity index (χ3n) is 0.381. The van der Waals surface area contributed by atoms with Gasteiger partial charge in [0.1, 0.15) is 5.66 Å². The van der Waals surface area contributed by atoms with Crippen molar-refractivity contribution in [3.05, 3.63) is 0 Å². The van der Waals surface area contributed by atoms with Gasteiger partial charge in [0.2, 0.25) is 0 Å². The smallest absolute Gasteiger partial charge is 0.150 e. The minimum Gasteiger partial charge on any atom is -0.229 e. The standard InChI is InChI=1S/C5H9OP/c1-5(2,3)7-4-6/h1-3H3. The van der Waals surface area contributed by atoms with E-state index in [1.165, 1.54) is 0 Å². The zero-order valence-corrected chi connectivity index (χ0v) is 5.75. The van der Waals surface area contributed by atoms with Gasteiger partial charge in [-0.3, -0.25) is 0 Å². The average molecular weight is 116 g/mol. The van der Waals surface area contributed by atoms with Gasteiger partial charge in [0.25, 0.3) is 0 Å². The van der Waals surface area contributed by atoms with Gasteiger partial charge in [-0.05, 0) is 0 Å². The number of hydrogen-bond donors (Lipinski definition) is 0. The second-order valence-corrected chi connectivity index (χ2v) is 4.12. The van der Waals surface area contributed by atoms with Crippen LogP contribution in [-0.2, 0) is 4.79 Å². The minimum absolute atomic E-state index is 0.0990. The first-order valence-electron chi connectivity index (χ1n) is 2.15. The van der Waals surface area contributed by atoms with Gasteiger partial charge in [-0.2, -0.15) is 0 Å². The lowest BCUT2D eigenvalue weighted by Crippen LogP contribution is -2.00. The Bertz CT molecular complexity index is 95.1. The second-order valence-electron chi connectivity index (χ2n) is 2.37. The summed E-state index contributed by atoms with van der Waals surface area (Å²) < 4.78 is 0. The predicted octanol–water partition coefficient (Wildman–Crippen LogP) is 1.80.